The average Bonchev–Trinajstić information content (AvgIpc) is 3.17. The number of anilines is 1. The van der Waals surface area contributed by atoms with Gasteiger partial charge in [0.2, 0.25) is 10.0 Å². The maximum Gasteiger partial charge on any atom is 0.274 e. The summed E-state index contributed by atoms with van der Waals surface area (Å²) in [5.41, 5.74) is 3.29. The summed E-state index contributed by atoms with van der Waals surface area (Å²) < 4.78 is 29.2. The summed E-state index contributed by atoms with van der Waals surface area (Å²) >= 11 is 0. The first-order valence-corrected chi connectivity index (χ1v) is 10.7. The van der Waals surface area contributed by atoms with E-state index in [-0.39, 0.29) is 17.1 Å². The summed E-state index contributed by atoms with van der Waals surface area (Å²) in [5, 5.41) is 0.744. The number of nitrogens with zero attached hydrogens (tertiary/aromatic N) is 2. The van der Waals surface area contributed by atoms with Crippen molar-refractivity contribution >= 4 is 26.7 Å². The molecule has 0 amide bonds. The zero-order chi connectivity index (χ0) is 20.6. The standard InChI is InChI=1S/C21H20N4O3S/c1-14-8-9-18(24-29(27,28)13-15-6-4-3-5-7-15)23-19(14)17-12-25(2)21(26)20-16(17)10-11-22-20/h3-12,22H,13H2,1-2H3,(H,23,24). The molecule has 0 aliphatic carbocycles. The Balaban J connectivity index is 1.73. The van der Waals surface area contributed by atoms with Gasteiger partial charge in [-0.3, -0.25) is 9.52 Å². The van der Waals surface area contributed by atoms with Crippen molar-refractivity contribution in [1.82, 2.24) is 14.5 Å². The molecule has 0 radical (unpaired) electrons. The van der Waals surface area contributed by atoms with E-state index >= 15 is 0 Å². The molecule has 0 aliphatic heterocycles. The number of aromatic nitrogens is 3. The minimum absolute atomic E-state index is 0.133. The van der Waals surface area contributed by atoms with Gasteiger partial charge in [-0.25, -0.2) is 13.4 Å². The van der Waals surface area contributed by atoms with Crippen LogP contribution in [0, 0.1) is 6.92 Å². The van der Waals surface area contributed by atoms with Crippen LogP contribution in [0.4, 0.5) is 5.82 Å². The van der Waals surface area contributed by atoms with Crippen molar-refractivity contribution in [2.24, 2.45) is 7.05 Å². The van der Waals surface area contributed by atoms with Gasteiger partial charge >= 0.3 is 0 Å². The Hall–Kier alpha value is -3.39. The number of sulfonamides is 1. The molecule has 0 atom stereocenters. The Bertz CT molecular complexity index is 1360. The van der Waals surface area contributed by atoms with Gasteiger partial charge in [-0.15, -0.1) is 0 Å². The molecular formula is C21H20N4O3S. The van der Waals surface area contributed by atoms with E-state index in [4.69, 9.17) is 0 Å². The summed E-state index contributed by atoms with van der Waals surface area (Å²) in [6.45, 7) is 1.90. The van der Waals surface area contributed by atoms with Crippen molar-refractivity contribution < 1.29 is 8.42 Å². The Morgan fingerprint density at radius 1 is 1.10 bits per heavy atom. The van der Waals surface area contributed by atoms with E-state index in [0.29, 0.717) is 16.8 Å². The molecule has 148 valence electrons. The number of benzene rings is 1. The number of pyridine rings is 2. The first kappa shape index (κ1) is 18.9. The predicted molar refractivity (Wildman–Crippen MR) is 114 cm³/mol. The number of aromatic amines is 1. The molecule has 1 aromatic carbocycles. The molecule has 0 fully saturated rings. The third-order valence-electron chi connectivity index (χ3n) is 4.71. The second-order valence-electron chi connectivity index (χ2n) is 6.93. The Labute approximate surface area is 168 Å². The number of fused-ring (bicyclic) bond motifs is 1. The molecule has 0 spiro atoms. The van der Waals surface area contributed by atoms with Gasteiger partial charge in [0.1, 0.15) is 11.3 Å². The minimum atomic E-state index is -3.62. The van der Waals surface area contributed by atoms with E-state index in [1.165, 1.54) is 4.57 Å². The van der Waals surface area contributed by atoms with Gasteiger partial charge in [0.15, 0.2) is 0 Å². The van der Waals surface area contributed by atoms with Crippen LogP contribution in [0.2, 0.25) is 0 Å². The molecule has 0 saturated carbocycles. The summed E-state index contributed by atoms with van der Waals surface area (Å²) in [6, 6.07) is 14.2. The van der Waals surface area contributed by atoms with Gasteiger partial charge in [0.05, 0.1) is 11.4 Å². The third kappa shape index (κ3) is 3.79. The largest absolute Gasteiger partial charge is 0.357 e. The Morgan fingerprint density at radius 3 is 2.62 bits per heavy atom. The molecule has 4 rings (SSSR count). The van der Waals surface area contributed by atoms with Crippen molar-refractivity contribution in [2.75, 3.05) is 4.72 Å². The number of aryl methyl sites for hydroxylation is 2. The van der Waals surface area contributed by atoms with Crippen LogP contribution in [0.15, 0.2) is 65.7 Å². The summed E-state index contributed by atoms with van der Waals surface area (Å²) in [4.78, 5) is 19.8. The molecule has 0 saturated heterocycles. The van der Waals surface area contributed by atoms with Crippen molar-refractivity contribution in [3.63, 3.8) is 0 Å². The Kier molecular flexibility index (Phi) is 4.71. The highest BCUT2D eigenvalue weighted by Crippen LogP contribution is 2.28. The van der Waals surface area contributed by atoms with E-state index in [9.17, 15) is 13.2 Å². The topological polar surface area (TPSA) is 96.8 Å². The van der Waals surface area contributed by atoms with Crippen molar-refractivity contribution in [3.8, 4) is 11.3 Å². The summed E-state index contributed by atoms with van der Waals surface area (Å²) in [5.74, 6) is 0.0970. The van der Waals surface area contributed by atoms with Crippen LogP contribution in [0.25, 0.3) is 22.2 Å². The zero-order valence-corrected chi connectivity index (χ0v) is 16.8. The van der Waals surface area contributed by atoms with E-state index in [1.54, 1.807) is 49.8 Å². The van der Waals surface area contributed by atoms with Crippen LogP contribution in [-0.4, -0.2) is 23.0 Å². The number of rotatable bonds is 5. The van der Waals surface area contributed by atoms with Gasteiger partial charge in [-0.2, -0.15) is 0 Å². The summed E-state index contributed by atoms with van der Waals surface area (Å²) in [6.07, 6.45) is 3.42. The van der Waals surface area contributed by atoms with Crippen molar-refractivity contribution in [3.05, 3.63) is 82.4 Å². The van der Waals surface area contributed by atoms with Crippen LogP contribution in [-0.2, 0) is 22.8 Å². The van der Waals surface area contributed by atoms with E-state index in [2.05, 4.69) is 14.7 Å². The van der Waals surface area contributed by atoms with E-state index in [1.807, 2.05) is 25.1 Å². The molecular weight excluding hydrogens is 388 g/mol. The fraction of sp³-hybridized carbons (Fsp3) is 0.143. The van der Waals surface area contributed by atoms with Crippen molar-refractivity contribution in [1.29, 1.82) is 0 Å². The van der Waals surface area contributed by atoms with Gasteiger partial charge < -0.3 is 9.55 Å². The number of H-pyrrole nitrogens is 1. The van der Waals surface area contributed by atoms with Crippen LogP contribution in [0.5, 0.6) is 0 Å². The monoisotopic (exact) mass is 408 g/mol. The lowest BCUT2D eigenvalue weighted by Crippen LogP contribution is -2.17. The normalized spacial score (nSPS) is 11.7. The lowest BCUT2D eigenvalue weighted by atomic mass is 10.1. The molecule has 29 heavy (non-hydrogen) atoms. The average molecular weight is 408 g/mol. The van der Waals surface area contributed by atoms with Crippen LogP contribution in [0.3, 0.4) is 0 Å². The smallest absolute Gasteiger partial charge is 0.274 e. The molecule has 7 nitrogen and oxygen atoms in total. The van der Waals surface area contributed by atoms with Gasteiger partial charge in [0.25, 0.3) is 5.56 Å². The predicted octanol–water partition coefficient (Wildman–Crippen LogP) is 3.18. The fourth-order valence-electron chi connectivity index (χ4n) is 3.30. The van der Waals surface area contributed by atoms with E-state index in [0.717, 1.165) is 16.5 Å². The second-order valence-corrected chi connectivity index (χ2v) is 8.66. The first-order chi connectivity index (χ1) is 13.8. The van der Waals surface area contributed by atoms with Gasteiger partial charge in [-0.05, 0) is 30.2 Å². The third-order valence-corrected chi connectivity index (χ3v) is 5.94. The highest BCUT2D eigenvalue weighted by molar-refractivity contribution is 7.91. The van der Waals surface area contributed by atoms with Crippen LogP contribution in [0.1, 0.15) is 11.1 Å². The van der Waals surface area contributed by atoms with Crippen LogP contribution < -0.4 is 10.3 Å². The van der Waals surface area contributed by atoms with Crippen LogP contribution >= 0.6 is 0 Å². The SMILES string of the molecule is Cc1ccc(NS(=O)(=O)Cc2ccccc2)nc1-c1cn(C)c(=O)c2[nH]ccc12. The molecule has 4 aromatic rings. The highest BCUT2D eigenvalue weighted by atomic mass is 32.2. The van der Waals surface area contributed by atoms with E-state index < -0.39 is 10.0 Å². The minimum Gasteiger partial charge on any atom is -0.357 e. The first-order valence-electron chi connectivity index (χ1n) is 9.03. The quantitative estimate of drug-likeness (QED) is 0.530. The van der Waals surface area contributed by atoms with Gasteiger partial charge in [-0.1, -0.05) is 36.4 Å². The molecule has 8 heteroatoms. The zero-order valence-electron chi connectivity index (χ0n) is 16.0. The fourth-order valence-corrected chi connectivity index (χ4v) is 4.44. The lowest BCUT2D eigenvalue weighted by molar-refractivity contribution is 0.600. The molecule has 0 bridgehead atoms. The molecule has 0 aliphatic rings. The molecule has 0 unspecified atom stereocenters. The highest BCUT2D eigenvalue weighted by Gasteiger charge is 2.16. The maximum absolute atomic E-state index is 12.6. The molecule has 3 aromatic heterocycles. The van der Waals surface area contributed by atoms with Gasteiger partial charge in [0, 0.05) is 30.4 Å². The maximum atomic E-state index is 12.6. The van der Waals surface area contributed by atoms with Crippen molar-refractivity contribution in [2.45, 2.75) is 12.7 Å². The number of hydrogen-bond acceptors (Lipinski definition) is 4. The molecule has 2 N–H and O–H groups in total. The Morgan fingerprint density at radius 2 is 1.86 bits per heavy atom. The summed E-state index contributed by atoms with van der Waals surface area (Å²) in [7, 11) is -1.95. The lowest BCUT2D eigenvalue weighted by Gasteiger charge is -2.12. The molecule has 3 heterocycles. The number of nitrogens with one attached hydrogen (secondary N) is 2. The number of hydrogen-bond donors (Lipinski definition) is 2. The second kappa shape index (κ2) is 7.21.